The highest BCUT2D eigenvalue weighted by molar-refractivity contribution is 5.97. The van der Waals surface area contributed by atoms with Crippen molar-refractivity contribution in [2.45, 2.75) is 44.1 Å². The van der Waals surface area contributed by atoms with E-state index in [0.29, 0.717) is 5.69 Å². The van der Waals surface area contributed by atoms with Crippen LogP contribution in [0.4, 0.5) is 10.1 Å². The molecule has 3 N–H and O–H groups in total. The largest absolute Gasteiger partial charge is 0.326 e. The fraction of sp³-hybridized carbons (Fsp3) is 0.562. The van der Waals surface area contributed by atoms with Gasteiger partial charge in [0, 0.05) is 11.2 Å². The minimum atomic E-state index is -0.286. The van der Waals surface area contributed by atoms with E-state index in [4.69, 9.17) is 5.73 Å². The fourth-order valence-corrected chi connectivity index (χ4v) is 4.69. The van der Waals surface area contributed by atoms with E-state index in [2.05, 4.69) is 5.32 Å². The molecule has 0 saturated heterocycles. The van der Waals surface area contributed by atoms with Gasteiger partial charge >= 0.3 is 0 Å². The van der Waals surface area contributed by atoms with Crippen molar-refractivity contribution in [3.05, 3.63) is 30.1 Å². The first-order valence-corrected chi connectivity index (χ1v) is 7.33. The molecule has 0 heterocycles. The molecule has 5 rings (SSSR count). The second kappa shape index (κ2) is 3.61. The van der Waals surface area contributed by atoms with E-state index in [0.717, 1.165) is 38.5 Å². The van der Waals surface area contributed by atoms with E-state index in [1.165, 1.54) is 12.1 Å². The Labute approximate surface area is 117 Å². The van der Waals surface area contributed by atoms with E-state index in [9.17, 15) is 9.18 Å². The molecule has 4 aliphatic rings. The van der Waals surface area contributed by atoms with Crippen LogP contribution in [0.5, 0.6) is 0 Å². The van der Waals surface area contributed by atoms with Crippen molar-refractivity contribution in [1.29, 1.82) is 0 Å². The number of carbonyl (C=O) groups excluding carboxylic acids is 1. The van der Waals surface area contributed by atoms with Gasteiger partial charge in [0.15, 0.2) is 0 Å². The molecule has 0 spiro atoms. The van der Waals surface area contributed by atoms with Gasteiger partial charge in [0.05, 0.1) is 5.41 Å². The van der Waals surface area contributed by atoms with Crippen molar-refractivity contribution in [3.63, 3.8) is 0 Å². The Bertz CT molecular complexity index is 557. The number of rotatable bonds is 3. The molecule has 0 atom stereocenters. The number of hydrogen-bond donors (Lipinski definition) is 2. The summed E-state index contributed by atoms with van der Waals surface area (Å²) < 4.78 is 12.9. The highest BCUT2D eigenvalue weighted by atomic mass is 19.1. The van der Waals surface area contributed by atoms with Crippen LogP contribution in [0.2, 0.25) is 0 Å². The maximum Gasteiger partial charge on any atom is 0.231 e. The van der Waals surface area contributed by atoms with Crippen molar-refractivity contribution >= 4 is 11.6 Å². The maximum absolute atomic E-state index is 12.9. The summed E-state index contributed by atoms with van der Waals surface area (Å²) in [6.45, 7) is 0. The van der Waals surface area contributed by atoms with Gasteiger partial charge < -0.3 is 11.1 Å². The molecule has 2 bridgehead atoms. The molecule has 20 heavy (non-hydrogen) atoms. The number of anilines is 1. The molecule has 4 aliphatic carbocycles. The van der Waals surface area contributed by atoms with E-state index in [-0.39, 0.29) is 28.1 Å². The Kier molecular flexibility index (Phi) is 2.23. The third kappa shape index (κ3) is 1.40. The zero-order chi connectivity index (χ0) is 14.0. The molecule has 4 fully saturated rings. The van der Waals surface area contributed by atoms with Crippen molar-refractivity contribution < 1.29 is 9.18 Å². The lowest BCUT2D eigenvalue weighted by atomic mass is 9.29. The molecule has 4 heteroatoms. The van der Waals surface area contributed by atoms with Gasteiger partial charge in [-0.05, 0) is 61.8 Å². The average molecular weight is 274 g/mol. The fourth-order valence-electron chi connectivity index (χ4n) is 4.69. The number of benzene rings is 1. The quantitative estimate of drug-likeness (QED) is 0.890. The molecular formula is C16H19FN2O. The molecule has 1 amide bonds. The van der Waals surface area contributed by atoms with Gasteiger partial charge in [-0.2, -0.15) is 0 Å². The van der Waals surface area contributed by atoms with Crippen LogP contribution in [0, 0.1) is 16.6 Å². The van der Waals surface area contributed by atoms with Crippen LogP contribution in [0.1, 0.15) is 38.5 Å². The van der Waals surface area contributed by atoms with Crippen LogP contribution in [0.15, 0.2) is 24.3 Å². The maximum atomic E-state index is 12.9. The molecule has 4 saturated carbocycles. The lowest BCUT2D eigenvalue weighted by Crippen LogP contribution is -2.79. The third-order valence-electron chi connectivity index (χ3n) is 5.83. The van der Waals surface area contributed by atoms with E-state index >= 15 is 0 Å². The van der Waals surface area contributed by atoms with Crippen LogP contribution in [0.3, 0.4) is 0 Å². The predicted octanol–water partition coefficient (Wildman–Crippen LogP) is 2.82. The summed E-state index contributed by atoms with van der Waals surface area (Å²) >= 11 is 0. The summed E-state index contributed by atoms with van der Waals surface area (Å²) in [6.07, 6.45) is 6.05. The standard InChI is InChI=1S/C16H19FN2O/c17-11-2-4-12(5-3-11)19-13(20)16(6-1-7-16)14-8-15(18,9-14)10-14/h2-5H,1,6-10,18H2,(H,19,20). The van der Waals surface area contributed by atoms with Crippen LogP contribution >= 0.6 is 0 Å². The third-order valence-corrected chi connectivity index (χ3v) is 5.83. The monoisotopic (exact) mass is 274 g/mol. The van der Waals surface area contributed by atoms with Gasteiger partial charge in [-0.3, -0.25) is 4.79 Å². The summed E-state index contributed by atoms with van der Waals surface area (Å²) in [5.74, 6) is -0.178. The lowest BCUT2D eigenvalue weighted by molar-refractivity contribution is -0.235. The zero-order valence-electron chi connectivity index (χ0n) is 11.4. The molecular weight excluding hydrogens is 255 g/mol. The minimum absolute atomic E-state index is 0.0265. The summed E-state index contributed by atoms with van der Waals surface area (Å²) in [7, 11) is 0. The van der Waals surface area contributed by atoms with Gasteiger partial charge in [0.2, 0.25) is 5.91 Å². The van der Waals surface area contributed by atoms with Gasteiger partial charge in [-0.15, -0.1) is 0 Å². The van der Waals surface area contributed by atoms with Crippen molar-refractivity contribution in [1.82, 2.24) is 0 Å². The molecule has 106 valence electrons. The Morgan fingerprint density at radius 3 is 2.20 bits per heavy atom. The zero-order valence-corrected chi connectivity index (χ0v) is 11.4. The number of carbonyl (C=O) groups is 1. The minimum Gasteiger partial charge on any atom is -0.326 e. The van der Waals surface area contributed by atoms with Crippen LogP contribution in [-0.4, -0.2) is 11.4 Å². The molecule has 0 radical (unpaired) electrons. The predicted molar refractivity (Wildman–Crippen MR) is 74.5 cm³/mol. The normalized spacial score (nSPS) is 36.3. The van der Waals surface area contributed by atoms with Gasteiger partial charge in [0.25, 0.3) is 0 Å². The number of hydrogen-bond acceptors (Lipinski definition) is 2. The first-order chi connectivity index (χ1) is 9.47. The summed E-state index contributed by atoms with van der Waals surface area (Å²) in [5, 5.41) is 2.98. The first-order valence-electron chi connectivity index (χ1n) is 7.33. The van der Waals surface area contributed by atoms with Crippen molar-refractivity contribution in [3.8, 4) is 0 Å². The Hall–Kier alpha value is -1.42. The summed E-state index contributed by atoms with van der Waals surface area (Å²) in [5.41, 5.74) is 6.79. The first kappa shape index (κ1) is 12.3. The second-order valence-corrected chi connectivity index (χ2v) is 7.07. The SMILES string of the molecule is NC12CC(C3(C(=O)Nc4ccc(F)cc4)CCC3)(C1)C2. The molecule has 0 aliphatic heterocycles. The Morgan fingerprint density at radius 2 is 1.75 bits per heavy atom. The smallest absolute Gasteiger partial charge is 0.231 e. The highest BCUT2D eigenvalue weighted by Gasteiger charge is 2.76. The summed E-state index contributed by atoms with van der Waals surface area (Å²) in [4.78, 5) is 12.7. The molecule has 1 aromatic rings. The van der Waals surface area contributed by atoms with E-state index in [1.54, 1.807) is 12.1 Å². The number of halogens is 1. The van der Waals surface area contributed by atoms with Gasteiger partial charge in [0.1, 0.15) is 5.82 Å². The van der Waals surface area contributed by atoms with Crippen molar-refractivity contribution in [2.24, 2.45) is 16.6 Å². The van der Waals surface area contributed by atoms with Crippen molar-refractivity contribution in [2.75, 3.05) is 5.32 Å². The molecule has 0 unspecified atom stereocenters. The number of nitrogens with two attached hydrogens (primary N) is 1. The number of nitrogens with one attached hydrogen (secondary N) is 1. The highest BCUT2D eigenvalue weighted by Crippen LogP contribution is 2.77. The average Bonchev–Trinajstić information content (AvgIpc) is 2.27. The topological polar surface area (TPSA) is 55.1 Å². The van der Waals surface area contributed by atoms with Crippen LogP contribution in [-0.2, 0) is 4.79 Å². The summed E-state index contributed by atoms with van der Waals surface area (Å²) in [6, 6.07) is 5.98. The van der Waals surface area contributed by atoms with Crippen LogP contribution in [0.25, 0.3) is 0 Å². The van der Waals surface area contributed by atoms with E-state index < -0.39 is 0 Å². The number of amides is 1. The molecule has 3 nitrogen and oxygen atoms in total. The van der Waals surface area contributed by atoms with Crippen LogP contribution < -0.4 is 11.1 Å². The Balaban J connectivity index is 1.53. The van der Waals surface area contributed by atoms with Gasteiger partial charge in [-0.25, -0.2) is 4.39 Å². The molecule has 1 aromatic carbocycles. The molecule has 0 aromatic heterocycles. The van der Waals surface area contributed by atoms with Gasteiger partial charge in [-0.1, -0.05) is 6.42 Å². The lowest BCUT2D eigenvalue weighted by Gasteiger charge is -2.76. The second-order valence-electron chi connectivity index (χ2n) is 7.07. The van der Waals surface area contributed by atoms with E-state index in [1.807, 2.05) is 0 Å². The Morgan fingerprint density at radius 1 is 1.15 bits per heavy atom.